The molecular weight excluding hydrogens is 280 g/mol. The van der Waals surface area contributed by atoms with Crippen molar-refractivity contribution >= 4 is 28.6 Å². The van der Waals surface area contributed by atoms with E-state index in [-0.39, 0.29) is 0 Å². The van der Waals surface area contributed by atoms with E-state index < -0.39 is 0 Å². The maximum Gasteiger partial charge on any atom is 0.172 e. The van der Waals surface area contributed by atoms with Crippen LogP contribution in [0, 0.1) is 6.92 Å². The average molecular weight is 298 g/mol. The number of nitrogens with zero attached hydrogens (tertiary/aromatic N) is 2. The number of rotatable bonds is 5. The molecule has 5 heteroatoms. The number of aryl methyl sites for hydroxylation is 1. The molecule has 0 fully saturated rings. The fourth-order valence-corrected chi connectivity index (χ4v) is 2.86. The Morgan fingerprint density at radius 2 is 2.10 bits per heavy atom. The number of fused-ring (bicyclic) bond motifs is 1. The fourth-order valence-electron chi connectivity index (χ4n) is 2.07. The third-order valence-corrected chi connectivity index (χ3v) is 3.92. The zero-order valence-corrected chi connectivity index (χ0v) is 13.0. The smallest absolute Gasteiger partial charge is 0.172 e. The second-order valence-corrected chi connectivity index (χ2v) is 5.96. The van der Waals surface area contributed by atoms with Gasteiger partial charge in [-0.2, -0.15) is 0 Å². The molecule has 0 aliphatic rings. The maximum absolute atomic E-state index is 4.59. The van der Waals surface area contributed by atoms with Crippen LogP contribution in [-0.4, -0.2) is 21.5 Å². The van der Waals surface area contributed by atoms with Crippen molar-refractivity contribution < 1.29 is 0 Å². The molecule has 108 valence electrons. The topological polar surface area (TPSA) is 53.6 Å². The first-order valence-electron chi connectivity index (χ1n) is 7.10. The Hall–Kier alpha value is -2.01. The predicted molar refractivity (Wildman–Crippen MR) is 88.0 cm³/mol. The number of pyridine rings is 1. The summed E-state index contributed by atoms with van der Waals surface area (Å²) in [4.78, 5) is 12.5. The van der Waals surface area contributed by atoms with Crippen LogP contribution in [0.5, 0.6) is 0 Å². The molecule has 0 amide bonds. The van der Waals surface area contributed by atoms with Crippen LogP contribution in [-0.2, 0) is 0 Å². The van der Waals surface area contributed by atoms with Gasteiger partial charge in [-0.15, -0.1) is 0 Å². The fraction of sp³-hybridized carbons (Fsp3) is 0.250. The summed E-state index contributed by atoms with van der Waals surface area (Å²) in [7, 11) is 0. The first-order chi connectivity index (χ1) is 10.2. The van der Waals surface area contributed by atoms with Crippen LogP contribution in [0.2, 0.25) is 0 Å². The van der Waals surface area contributed by atoms with E-state index in [9.17, 15) is 0 Å². The zero-order chi connectivity index (χ0) is 14.7. The first kappa shape index (κ1) is 13.9. The second-order valence-electron chi connectivity index (χ2n) is 4.95. The number of aromatic amines is 1. The van der Waals surface area contributed by atoms with Crippen LogP contribution >= 0.6 is 11.8 Å². The van der Waals surface area contributed by atoms with Crippen molar-refractivity contribution in [2.45, 2.75) is 30.5 Å². The highest BCUT2D eigenvalue weighted by molar-refractivity contribution is 7.99. The lowest BCUT2D eigenvalue weighted by atomic mass is 10.2. The summed E-state index contributed by atoms with van der Waals surface area (Å²) in [5.74, 6) is 0.911. The number of hydrogen-bond donors (Lipinski definition) is 2. The van der Waals surface area contributed by atoms with Gasteiger partial charge in [-0.3, -0.25) is 0 Å². The molecule has 0 bridgehead atoms. The van der Waals surface area contributed by atoms with Crippen LogP contribution in [0.1, 0.15) is 18.9 Å². The van der Waals surface area contributed by atoms with Gasteiger partial charge in [-0.05, 0) is 54.9 Å². The highest BCUT2D eigenvalue weighted by atomic mass is 32.2. The molecule has 4 nitrogen and oxygen atoms in total. The van der Waals surface area contributed by atoms with Crippen molar-refractivity contribution in [3.05, 3.63) is 42.0 Å². The molecule has 3 rings (SSSR count). The van der Waals surface area contributed by atoms with E-state index in [0.29, 0.717) is 0 Å². The molecule has 0 radical (unpaired) electrons. The van der Waals surface area contributed by atoms with Gasteiger partial charge in [-0.1, -0.05) is 19.1 Å². The van der Waals surface area contributed by atoms with Gasteiger partial charge in [0.15, 0.2) is 5.16 Å². The van der Waals surface area contributed by atoms with E-state index in [2.05, 4.69) is 46.2 Å². The van der Waals surface area contributed by atoms with Crippen LogP contribution < -0.4 is 5.32 Å². The minimum Gasteiger partial charge on any atom is -0.370 e. The van der Waals surface area contributed by atoms with E-state index in [1.54, 1.807) is 11.8 Å². The summed E-state index contributed by atoms with van der Waals surface area (Å²) in [6.07, 6.45) is 1.09. The molecule has 2 heterocycles. The number of H-pyrrole nitrogens is 1. The summed E-state index contributed by atoms with van der Waals surface area (Å²) >= 11 is 1.55. The number of nitrogens with one attached hydrogen (secondary N) is 2. The van der Waals surface area contributed by atoms with Crippen molar-refractivity contribution in [1.82, 2.24) is 15.0 Å². The van der Waals surface area contributed by atoms with Gasteiger partial charge in [0, 0.05) is 6.54 Å². The highest BCUT2D eigenvalue weighted by Crippen LogP contribution is 2.26. The standard InChI is InChI=1S/C16H18N4S/c1-3-9-17-14-5-4-6-15(20-14)21-16-18-12-8-7-11(2)10-13(12)19-16/h4-8,10H,3,9H2,1-2H3,(H,17,20)(H,18,19). The highest BCUT2D eigenvalue weighted by Gasteiger charge is 2.06. The predicted octanol–water partition coefficient (Wildman–Crippen LogP) is 4.24. The summed E-state index contributed by atoms with van der Waals surface area (Å²) in [6.45, 7) is 5.16. The number of imidazole rings is 1. The molecule has 0 aliphatic carbocycles. The molecule has 2 aromatic heterocycles. The van der Waals surface area contributed by atoms with Crippen LogP contribution in [0.4, 0.5) is 5.82 Å². The van der Waals surface area contributed by atoms with Crippen molar-refractivity contribution in [3.63, 3.8) is 0 Å². The molecule has 21 heavy (non-hydrogen) atoms. The summed E-state index contributed by atoms with van der Waals surface area (Å²) in [5, 5.41) is 5.11. The van der Waals surface area contributed by atoms with Gasteiger partial charge in [0.1, 0.15) is 10.8 Å². The van der Waals surface area contributed by atoms with Crippen molar-refractivity contribution in [2.75, 3.05) is 11.9 Å². The summed E-state index contributed by atoms with van der Waals surface area (Å²) in [5.41, 5.74) is 3.28. The number of benzene rings is 1. The largest absolute Gasteiger partial charge is 0.370 e. The van der Waals surface area contributed by atoms with Crippen molar-refractivity contribution in [1.29, 1.82) is 0 Å². The summed E-state index contributed by atoms with van der Waals surface area (Å²) < 4.78 is 0. The molecule has 1 aromatic carbocycles. The van der Waals surface area contributed by atoms with E-state index in [1.165, 1.54) is 5.56 Å². The zero-order valence-electron chi connectivity index (χ0n) is 12.2. The number of aromatic nitrogens is 3. The van der Waals surface area contributed by atoms with Crippen LogP contribution in [0.25, 0.3) is 11.0 Å². The van der Waals surface area contributed by atoms with Gasteiger partial charge < -0.3 is 10.3 Å². The first-order valence-corrected chi connectivity index (χ1v) is 7.91. The molecule has 0 spiro atoms. The average Bonchev–Trinajstić information content (AvgIpc) is 2.86. The molecule has 3 aromatic rings. The monoisotopic (exact) mass is 298 g/mol. The van der Waals surface area contributed by atoms with Crippen molar-refractivity contribution in [2.24, 2.45) is 0 Å². The Balaban J connectivity index is 1.81. The van der Waals surface area contributed by atoms with E-state index in [0.717, 1.165) is 40.0 Å². The molecule has 0 aliphatic heterocycles. The lowest BCUT2D eigenvalue weighted by molar-refractivity contribution is 0.958. The third-order valence-electron chi connectivity index (χ3n) is 3.10. The minimum atomic E-state index is 0.871. The molecular formula is C16H18N4S. The quantitative estimate of drug-likeness (QED) is 0.740. The normalized spacial score (nSPS) is 11.0. The Labute approximate surface area is 128 Å². The van der Waals surface area contributed by atoms with E-state index in [1.807, 2.05) is 24.3 Å². The lowest BCUT2D eigenvalue weighted by Gasteiger charge is -2.04. The molecule has 0 unspecified atom stereocenters. The minimum absolute atomic E-state index is 0.871. The Morgan fingerprint density at radius 3 is 2.95 bits per heavy atom. The van der Waals surface area contributed by atoms with Gasteiger partial charge in [0.05, 0.1) is 11.0 Å². The lowest BCUT2D eigenvalue weighted by Crippen LogP contribution is -2.01. The van der Waals surface area contributed by atoms with Crippen molar-refractivity contribution in [3.8, 4) is 0 Å². The molecule has 0 saturated carbocycles. The maximum atomic E-state index is 4.59. The molecule has 0 atom stereocenters. The van der Waals surface area contributed by atoms with Gasteiger partial charge in [-0.25, -0.2) is 9.97 Å². The van der Waals surface area contributed by atoms with Crippen LogP contribution in [0.15, 0.2) is 46.6 Å². The SMILES string of the molecule is CCCNc1cccc(Sc2nc3ccc(C)cc3[nH]2)n1. The number of anilines is 1. The number of hydrogen-bond acceptors (Lipinski definition) is 4. The summed E-state index contributed by atoms with van der Waals surface area (Å²) in [6, 6.07) is 12.2. The Bertz CT molecular complexity index is 751. The Morgan fingerprint density at radius 1 is 1.19 bits per heavy atom. The third kappa shape index (κ3) is 3.36. The van der Waals surface area contributed by atoms with Crippen LogP contribution in [0.3, 0.4) is 0 Å². The van der Waals surface area contributed by atoms with Gasteiger partial charge in [0.2, 0.25) is 0 Å². The van der Waals surface area contributed by atoms with Gasteiger partial charge >= 0.3 is 0 Å². The molecule has 0 saturated heterocycles. The van der Waals surface area contributed by atoms with Gasteiger partial charge in [0.25, 0.3) is 0 Å². The van der Waals surface area contributed by atoms with E-state index >= 15 is 0 Å². The Kier molecular flexibility index (Phi) is 4.10. The van der Waals surface area contributed by atoms with E-state index in [4.69, 9.17) is 0 Å². The second kappa shape index (κ2) is 6.18. The molecule has 2 N–H and O–H groups in total.